The molecule has 148 valence electrons. The number of rotatable bonds is 8. The van der Waals surface area contributed by atoms with Crippen molar-refractivity contribution in [1.29, 1.82) is 0 Å². The molecule has 0 radical (unpaired) electrons. The Kier molecular flexibility index (Phi) is 6.19. The van der Waals surface area contributed by atoms with Crippen molar-refractivity contribution in [1.82, 2.24) is 15.3 Å². The van der Waals surface area contributed by atoms with Gasteiger partial charge >= 0.3 is 0 Å². The molecule has 0 saturated carbocycles. The van der Waals surface area contributed by atoms with Gasteiger partial charge in [-0.2, -0.15) is 0 Å². The second-order valence-corrected chi connectivity index (χ2v) is 7.12. The summed E-state index contributed by atoms with van der Waals surface area (Å²) in [4.78, 5) is 20.6. The number of amides is 1. The fourth-order valence-electron chi connectivity index (χ4n) is 3.21. The molecule has 3 aromatic rings. The van der Waals surface area contributed by atoms with Crippen LogP contribution in [0.2, 0.25) is 0 Å². The lowest BCUT2D eigenvalue weighted by molar-refractivity contribution is -0.122. The van der Waals surface area contributed by atoms with Crippen molar-refractivity contribution in [3.8, 4) is 11.5 Å². The summed E-state index contributed by atoms with van der Waals surface area (Å²) in [6, 6.07) is 13.4. The molecule has 0 bridgehead atoms. The Morgan fingerprint density at radius 2 is 1.86 bits per heavy atom. The molecule has 0 aliphatic carbocycles. The third-order valence-electron chi connectivity index (χ3n) is 4.77. The lowest BCUT2D eigenvalue weighted by atomic mass is 10.0. The second kappa shape index (κ2) is 8.78. The molecule has 1 heterocycles. The Morgan fingerprint density at radius 3 is 2.54 bits per heavy atom. The molecular formula is C22H27N3O3. The van der Waals surface area contributed by atoms with Gasteiger partial charge in [0.2, 0.25) is 5.91 Å². The SMILES string of the molecule is COc1ccc(CCC(=O)N[C@H](c2nc3ccccc3[nH]2)C(C)C)cc1OC. The van der Waals surface area contributed by atoms with Crippen LogP contribution < -0.4 is 14.8 Å². The molecule has 0 saturated heterocycles. The first-order valence-corrected chi connectivity index (χ1v) is 9.46. The van der Waals surface area contributed by atoms with Crippen LogP contribution in [0.3, 0.4) is 0 Å². The molecule has 6 heteroatoms. The molecule has 0 unspecified atom stereocenters. The highest BCUT2D eigenvalue weighted by molar-refractivity contribution is 5.77. The van der Waals surface area contributed by atoms with Crippen LogP contribution in [-0.4, -0.2) is 30.1 Å². The smallest absolute Gasteiger partial charge is 0.220 e. The number of methoxy groups -OCH3 is 2. The van der Waals surface area contributed by atoms with Crippen LogP contribution >= 0.6 is 0 Å². The van der Waals surface area contributed by atoms with Crippen molar-refractivity contribution < 1.29 is 14.3 Å². The van der Waals surface area contributed by atoms with E-state index < -0.39 is 0 Å². The van der Waals surface area contributed by atoms with Gasteiger partial charge in [-0.15, -0.1) is 0 Å². The quantitative estimate of drug-likeness (QED) is 0.618. The van der Waals surface area contributed by atoms with Crippen LogP contribution in [-0.2, 0) is 11.2 Å². The molecule has 3 rings (SSSR count). The van der Waals surface area contributed by atoms with E-state index in [0.29, 0.717) is 24.3 Å². The molecule has 0 spiro atoms. The standard InChI is InChI=1S/C22H27N3O3/c1-14(2)21(22-23-16-7-5-6-8-17(16)24-22)25-20(26)12-10-15-9-11-18(27-3)19(13-15)28-4/h5-9,11,13-14,21H,10,12H2,1-4H3,(H,23,24)(H,25,26)/t21-/m0/s1. The highest BCUT2D eigenvalue weighted by atomic mass is 16.5. The fraction of sp³-hybridized carbons (Fsp3) is 0.364. The molecule has 1 aromatic heterocycles. The summed E-state index contributed by atoms with van der Waals surface area (Å²) < 4.78 is 10.6. The van der Waals surface area contributed by atoms with E-state index in [1.54, 1.807) is 14.2 Å². The van der Waals surface area contributed by atoms with Crippen molar-refractivity contribution in [2.75, 3.05) is 14.2 Å². The van der Waals surface area contributed by atoms with Crippen molar-refractivity contribution in [3.63, 3.8) is 0 Å². The summed E-state index contributed by atoms with van der Waals surface area (Å²) >= 11 is 0. The number of nitrogens with one attached hydrogen (secondary N) is 2. The highest BCUT2D eigenvalue weighted by Gasteiger charge is 2.21. The fourth-order valence-corrected chi connectivity index (χ4v) is 3.21. The van der Waals surface area contributed by atoms with E-state index in [4.69, 9.17) is 9.47 Å². The normalized spacial score (nSPS) is 12.2. The van der Waals surface area contributed by atoms with E-state index >= 15 is 0 Å². The van der Waals surface area contributed by atoms with E-state index in [1.807, 2.05) is 42.5 Å². The van der Waals surface area contributed by atoms with Crippen molar-refractivity contribution in [3.05, 3.63) is 53.9 Å². The van der Waals surface area contributed by atoms with Crippen LogP contribution in [0.5, 0.6) is 11.5 Å². The number of carbonyl (C=O) groups excluding carboxylic acids is 1. The Balaban J connectivity index is 1.66. The van der Waals surface area contributed by atoms with Gasteiger partial charge in [0.25, 0.3) is 0 Å². The Morgan fingerprint density at radius 1 is 1.11 bits per heavy atom. The molecule has 0 aliphatic rings. The molecule has 1 amide bonds. The number of aryl methyl sites for hydroxylation is 1. The Labute approximate surface area is 165 Å². The second-order valence-electron chi connectivity index (χ2n) is 7.12. The van der Waals surface area contributed by atoms with E-state index in [9.17, 15) is 4.79 Å². The number of nitrogens with zero attached hydrogens (tertiary/aromatic N) is 1. The summed E-state index contributed by atoms with van der Waals surface area (Å²) in [5.41, 5.74) is 2.91. The first kappa shape index (κ1) is 19.7. The van der Waals surface area contributed by atoms with Crippen LogP contribution in [0.4, 0.5) is 0 Å². The first-order chi connectivity index (χ1) is 13.5. The number of imidazole rings is 1. The molecule has 28 heavy (non-hydrogen) atoms. The average Bonchev–Trinajstić information content (AvgIpc) is 3.13. The lowest BCUT2D eigenvalue weighted by Gasteiger charge is -2.20. The minimum atomic E-state index is -0.162. The van der Waals surface area contributed by atoms with Gasteiger partial charge < -0.3 is 19.8 Å². The number of aromatic nitrogens is 2. The third kappa shape index (κ3) is 4.44. The molecule has 2 aromatic carbocycles. The summed E-state index contributed by atoms with van der Waals surface area (Å²) in [6.45, 7) is 4.15. The number of H-pyrrole nitrogens is 1. The number of hydrogen-bond acceptors (Lipinski definition) is 4. The van der Waals surface area contributed by atoms with Crippen LogP contribution in [0, 0.1) is 5.92 Å². The van der Waals surface area contributed by atoms with Gasteiger partial charge in [-0.3, -0.25) is 4.79 Å². The summed E-state index contributed by atoms with van der Waals surface area (Å²) in [5, 5.41) is 3.13. The van der Waals surface area contributed by atoms with E-state index in [1.165, 1.54) is 0 Å². The van der Waals surface area contributed by atoms with Crippen LogP contribution in [0.15, 0.2) is 42.5 Å². The van der Waals surface area contributed by atoms with E-state index in [2.05, 4.69) is 29.1 Å². The van der Waals surface area contributed by atoms with Gasteiger partial charge in [0, 0.05) is 6.42 Å². The van der Waals surface area contributed by atoms with Crippen molar-refractivity contribution in [2.45, 2.75) is 32.7 Å². The van der Waals surface area contributed by atoms with E-state index in [0.717, 1.165) is 22.4 Å². The summed E-state index contributed by atoms with van der Waals surface area (Å²) in [7, 11) is 3.21. The number of para-hydroxylation sites is 2. The van der Waals surface area contributed by atoms with Crippen molar-refractivity contribution >= 4 is 16.9 Å². The van der Waals surface area contributed by atoms with Gasteiger partial charge in [-0.05, 0) is 42.2 Å². The third-order valence-corrected chi connectivity index (χ3v) is 4.77. The van der Waals surface area contributed by atoms with Crippen LogP contribution in [0.25, 0.3) is 11.0 Å². The zero-order valence-corrected chi connectivity index (χ0v) is 16.8. The predicted octanol–water partition coefficient (Wildman–Crippen LogP) is 4.03. The maximum Gasteiger partial charge on any atom is 0.220 e. The summed E-state index contributed by atoms with van der Waals surface area (Å²) in [5.74, 6) is 2.35. The number of ether oxygens (including phenoxy) is 2. The Bertz CT molecular complexity index is 916. The van der Waals surface area contributed by atoms with Gasteiger partial charge in [0.1, 0.15) is 5.82 Å². The molecule has 0 fully saturated rings. The van der Waals surface area contributed by atoms with Gasteiger partial charge in [-0.25, -0.2) is 4.98 Å². The number of hydrogen-bond donors (Lipinski definition) is 2. The van der Waals surface area contributed by atoms with Gasteiger partial charge in [0.05, 0.1) is 31.3 Å². The lowest BCUT2D eigenvalue weighted by Crippen LogP contribution is -2.32. The highest BCUT2D eigenvalue weighted by Crippen LogP contribution is 2.28. The maximum absolute atomic E-state index is 12.6. The summed E-state index contributed by atoms with van der Waals surface area (Å²) in [6.07, 6.45) is 1.01. The first-order valence-electron chi connectivity index (χ1n) is 9.46. The number of benzene rings is 2. The van der Waals surface area contributed by atoms with Gasteiger partial charge in [0.15, 0.2) is 11.5 Å². The zero-order chi connectivity index (χ0) is 20.1. The largest absolute Gasteiger partial charge is 0.493 e. The average molecular weight is 381 g/mol. The molecule has 2 N–H and O–H groups in total. The zero-order valence-electron chi connectivity index (χ0n) is 16.8. The molecule has 6 nitrogen and oxygen atoms in total. The molecule has 0 aliphatic heterocycles. The topological polar surface area (TPSA) is 76.2 Å². The van der Waals surface area contributed by atoms with E-state index in [-0.39, 0.29) is 17.9 Å². The van der Waals surface area contributed by atoms with Gasteiger partial charge in [-0.1, -0.05) is 32.0 Å². The monoisotopic (exact) mass is 381 g/mol. The number of aromatic amines is 1. The Hall–Kier alpha value is -3.02. The van der Waals surface area contributed by atoms with Crippen molar-refractivity contribution in [2.24, 2.45) is 5.92 Å². The maximum atomic E-state index is 12.6. The number of carbonyl (C=O) groups is 1. The van der Waals surface area contributed by atoms with Crippen LogP contribution in [0.1, 0.15) is 37.7 Å². The minimum Gasteiger partial charge on any atom is -0.493 e. The number of fused-ring (bicyclic) bond motifs is 1. The predicted molar refractivity (Wildman–Crippen MR) is 110 cm³/mol. The minimum absolute atomic E-state index is 0.00561. The molecular weight excluding hydrogens is 354 g/mol. The molecule has 1 atom stereocenters.